The van der Waals surface area contributed by atoms with Gasteiger partial charge in [-0.15, -0.1) is 0 Å². The minimum absolute atomic E-state index is 0.622. The van der Waals surface area contributed by atoms with Crippen LogP contribution in [0.15, 0.2) is 22.9 Å². The van der Waals surface area contributed by atoms with Gasteiger partial charge in [-0.2, -0.15) is 0 Å². The molecule has 0 amide bonds. The van der Waals surface area contributed by atoms with E-state index in [2.05, 4.69) is 39.7 Å². The number of nitrogens with zero attached hydrogens (tertiary/aromatic N) is 2. The maximum absolute atomic E-state index is 5.14. The van der Waals surface area contributed by atoms with Crippen molar-refractivity contribution in [3.05, 3.63) is 22.9 Å². The van der Waals surface area contributed by atoms with Gasteiger partial charge in [0.15, 0.2) is 0 Å². The van der Waals surface area contributed by atoms with E-state index in [9.17, 15) is 0 Å². The fourth-order valence-corrected chi connectivity index (χ4v) is 2.08. The molecule has 16 heavy (non-hydrogen) atoms. The van der Waals surface area contributed by atoms with E-state index in [1.807, 2.05) is 18.5 Å². The average Bonchev–Trinajstić information content (AvgIpc) is 2.24. The lowest BCUT2D eigenvalue weighted by Crippen LogP contribution is -2.31. The Morgan fingerprint density at radius 3 is 2.81 bits per heavy atom. The first kappa shape index (κ1) is 13.5. The molecule has 0 aliphatic rings. The molecule has 0 N–H and O–H groups in total. The molecule has 0 spiro atoms. The molecule has 0 bridgehead atoms. The molecule has 3 nitrogen and oxygen atoms in total. The quantitative estimate of drug-likeness (QED) is 0.804. The van der Waals surface area contributed by atoms with Gasteiger partial charge >= 0.3 is 0 Å². The summed E-state index contributed by atoms with van der Waals surface area (Å²) < 4.78 is 6.18. The smallest absolute Gasteiger partial charge is 0.0637 e. The molecule has 1 rings (SSSR count). The monoisotopic (exact) mass is 286 g/mol. The number of rotatable bonds is 6. The Morgan fingerprint density at radius 2 is 2.25 bits per heavy atom. The number of halogens is 1. The highest BCUT2D eigenvalue weighted by Crippen LogP contribution is 2.25. The fourth-order valence-electron chi connectivity index (χ4n) is 1.58. The molecular formula is C12H19BrN2O. The molecule has 0 unspecified atom stereocenters. The third-order valence-electron chi connectivity index (χ3n) is 2.24. The molecule has 0 saturated heterocycles. The number of aromatic nitrogens is 1. The number of ether oxygens (including phenoxy) is 1. The highest BCUT2D eigenvalue weighted by atomic mass is 79.9. The molecule has 0 radical (unpaired) electrons. The Kier molecular flexibility index (Phi) is 5.77. The van der Waals surface area contributed by atoms with Gasteiger partial charge in [0.25, 0.3) is 0 Å². The second-order valence-electron chi connectivity index (χ2n) is 4.16. The zero-order valence-electron chi connectivity index (χ0n) is 10.1. The lowest BCUT2D eigenvalue weighted by molar-refractivity contribution is 0.204. The number of anilines is 1. The number of methoxy groups -OCH3 is 1. The number of hydrogen-bond acceptors (Lipinski definition) is 3. The molecule has 0 fully saturated rings. The van der Waals surface area contributed by atoms with E-state index in [4.69, 9.17) is 4.74 Å². The van der Waals surface area contributed by atoms with Crippen molar-refractivity contribution >= 4 is 21.6 Å². The van der Waals surface area contributed by atoms with Crippen LogP contribution in [-0.2, 0) is 4.74 Å². The van der Waals surface area contributed by atoms with Crippen molar-refractivity contribution in [2.24, 2.45) is 5.92 Å². The Balaban J connectivity index is 2.78. The first-order valence-corrected chi connectivity index (χ1v) is 6.27. The number of hydrogen-bond donors (Lipinski definition) is 0. The third kappa shape index (κ3) is 4.10. The molecule has 1 aromatic rings. The first-order chi connectivity index (χ1) is 7.65. The van der Waals surface area contributed by atoms with Crippen molar-refractivity contribution in [2.45, 2.75) is 13.8 Å². The lowest BCUT2D eigenvalue weighted by Gasteiger charge is -2.27. The van der Waals surface area contributed by atoms with Crippen LogP contribution in [0.25, 0.3) is 0 Å². The van der Waals surface area contributed by atoms with Gasteiger partial charge in [0.2, 0.25) is 0 Å². The van der Waals surface area contributed by atoms with E-state index < -0.39 is 0 Å². The van der Waals surface area contributed by atoms with Gasteiger partial charge in [-0.3, -0.25) is 4.98 Å². The summed E-state index contributed by atoms with van der Waals surface area (Å²) in [7, 11) is 1.73. The highest BCUT2D eigenvalue weighted by molar-refractivity contribution is 9.10. The predicted molar refractivity (Wildman–Crippen MR) is 70.9 cm³/mol. The minimum atomic E-state index is 0.622. The van der Waals surface area contributed by atoms with Crippen LogP contribution >= 0.6 is 15.9 Å². The second-order valence-corrected chi connectivity index (χ2v) is 5.01. The van der Waals surface area contributed by atoms with Crippen LogP contribution in [0.1, 0.15) is 13.8 Å². The minimum Gasteiger partial charge on any atom is -0.383 e. The molecule has 0 aliphatic heterocycles. The average molecular weight is 287 g/mol. The van der Waals surface area contributed by atoms with Crippen LogP contribution < -0.4 is 4.90 Å². The summed E-state index contributed by atoms with van der Waals surface area (Å²) in [5.41, 5.74) is 1.18. The van der Waals surface area contributed by atoms with Crippen LogP contribution in [0.2, 0.25) is 0 Å². The second kappa shape index (κ2) is 6.86. The van der Waals surface area contributed by atoms with Gasteiger partial charge in [-0.05, 0) is 27.9 Å². The molecule has 4 heteroatoms. The maximum atomic E-state index is 5.14. The summed E-state index contributed by atoms with van der Waals surface area (Å²) in [6.07, 6.45) is 3.65. The van der Waals surface area contributed by atoms with E-state index in [-0.39, 0.29) is 0 Å². The zero-order chi connectivity index (χ0) is 12.0. The zero-order valence-corrected chi connectivity index (χ0v) is 11.7. The van der Waals surface area contributed by atoms with Crippen LogP contribution in [0.4, 0.5) is 5.69 Å². The lowest BCUT2D eigenvalue weighted by atomic mass is 10.2. The van der Waals surface area contributed by atoms with E-state index in [1.54, 1.807) is 7.11 Å². The predicted octanol–water partition coefficient (Wildman–Crippen LogP) is 2.95. The van der Waals surface area contributed by atoms with E-state index in [0.29, 0.717) is 5.92 Å². The Hall–Kier alpha value is -0.610. The molecule has 90 valence electrons. The summed E-state index contributed by atoms with van der Waals surface area (Å²) in [5.74, 6) is 0.622. The molecule has 0 aliphatic carbocycles. The van der Waals surface area contributed by atoms with Crippen LogP contribution in [-0.4, -0.2) is 31.8 Å². The van der Waals surface area contributed by atoms with Crippen molar-refractivity contribution in [2.75, 3.05) is 31.7 Å². The van der Waals surface area contributed by atoms with Crippen molar-refractivity contribution in [3.8, 4) is 0 Å². The Labute approximate surface area is 106 Å². The third-order valence-corrected chi connectivity index (χ3v) is 2.85. The maximum Gasteiger partial charge on any atom is 0.0637 e. The van der Waals surface area contributed by atoms with Crippen LogP contribution in [0.5, 0.6) is 0 Å². The Morgan fingerprint density at radius 1 is 1.50 bits per heavy atom. The molecule has 0 saturated carbocycles. The van der Waals surface area contributed by atoms with Gasteiger partial charge in [-0.25, -0.2) is 0 Å². The van der Waals surface area contributed by atoms with E-state index in [0.717, 1.165) is 24.2 Å². The fraction of sp³-hybridized carbons (Fsp3) is 0.583. The van der Waals surface area contributed by atoms with Gasteiger partial charge in [0.05, 0.1) is 16.8 Å². The van der Waals surface area contributed by atoms with Gasteiger partial charge in [0, 0.05) is 32.6 Å². The van der Waals surface area contributed by atoms with E-state index in [1.165, 1.54) is 5.69 Å². The summed E-state index contributed by atoms with van der Waals surface area (Å²) in [4.78, 5) is 6.40. The molecule has 1 heterocycles. The van der Waals surface area contributed by atoms with Gasteiger partial charge in [0.1, 0.15) is 0 Å². The van der Waals surface area contributed by atoms with Gasteiger partial charge in [-0.1, -0.05) is 13.8 Å². The summed E-state index contributed by atoms with van der Waals surface area (Å²) >= 11 is 3.53. The Bertz CT molecular complexity index is 318. The van der Waals surface area contributed by atoms with Crippen molar-refractivity contribution in [3.63, 3.8) is 0 Å². The molecular weight excluding hydrogens is 268 g/mol. The molecule has 1 aromatic heterocycles. The molecule has 0 aromatic carbocycles. The summed E-state index contributed by atoms with van der Waals surface area (Å²) in [6.45, 7) is 7.09. The normalized spacial score (nSPS) is 10.8. The summed E-state index contributed by atoms with van der Waals surface area (Å²) in [5, 5.41) is 0. The van der Waals surface area contributed by atoms with E-state index >= 15 is 0 Å². The first-order valence-electron chi connectivity index (χ1n) is 5.48. The topological polar surface area (TPSA) is 25.4 Å². The highest BCUT2D eigenvalue weighted by Gasteiger charge is 2.11. The largest absolute Gasteiger partial charge is 0.383 e. The van der Waals surface area contributed by atoms with Crippen LogP contribution in [0, 0.1) is 5.92 Å². The van der Waals surface area contributed by atoms with Crippen molar-refractivity contribution in [1.82, 2.24) is 4.98 Å². The standard InChI is InChI=1S/C12H19BrN2O/c1-10(2)9-15(6-7-16-3)12-4-5-14-8-11(12)13/h4-5,8,10H,6-7,9H2,1-3H3. The SMILES string of the molecule is COCCN(CC(C)C)c1ccncc1Br. The van der Waals surface area contributed by atoms with Crippen molar-refractivity contribution in [1.29, 1.82) is 0 Å². The van der Waals surface area contributed by atoms with Gasteiger partial charge < -0.3 is 9.64 Å². The molecule has 0 atom stereocenters. The summed E-state index contributed by atoms with van der Waals surface area (Å²) in [6, 6.07) is 2.03. The van der Waals surface area contributed by atoms with Crippen molar-refractivity contribution < 1.29 is 4.74 Å². The number of pyridine rings is 1. The van der Waals surface area contributed by atoms with Crippen LogP contribution in [0.3, 0.4) is 0 Å².